The molecule has 0 aliphatic heterocycles. The molecule has 1 amide bonds. The Hall–Kier alpha value is -0.330. The fourth-order valence-electron chi connectivity index (χ4n) is 4.01. The number of hydrogen-bond donors (Lipinski definition) is 7. The van der Waals surface area contributed by atoms with E-state index in [0.29, 0.717) is 17.4 Å². The van der Waals surface area contributed by atoms with E-state index in [1.807, 2.05) is 0 Å². The predicted molar refractivity (Wildman–Crippen MR) is 128 cm³/mol. The van der Waals surface area contributed by atoms with Crippen molar-refractivity contribution in [3.05, 3.63) is 0 Å². The fourth-order valence-corrected chi connectivity index (χ4v) is 4.01. The number of likely N-dealkylation sites (N-methyl/N-ethyl adjacent to an activating group) is 1. The molecule has 0 radical (unpaired) electrons. The van der Waals surface area contributed by atoms with Crippen molar-refractivity contribution in [3.63, 3.8) is 0 Å². The molecule has 0 fully saturated rings. The summed E-state index contributed by atoms with van der Waals surface area (Å²) in [5, 5.41) is 59.3. The van der Waals surface area contributed by atoms with Crippen molar-refractivity contribution in [2.24, 2.45) is 0 Å². The zero-order chi connectivity index (χ0) is 25.1. The Kier molecular flexibility index (Phi) is 23.1. The fraction of sp³-hybridized carbons (Fsp3) is 0.958. The van der Waals surface area contributed by atoms with Crippen LogP contribution in [0.2, 0.25) is 0 Å². The number of amides is 1. The lowest BCUT2D eigenvalue weighted by atomic mass is 10.0. The maximum atomic E-state index is 12.0. The molecule has 0 aliphatic rings. The van der Waals surface area contributed by atoms with Crippen LogP contribution in [-0.4, -0.2) is 112 Å². The molecule has 5 atom stereocenters. The Morgan fingerprint density at radius 2 is 1.26 bits per heavy atom. The van der Waals surface area contributed by atoms with Crippen LogP contribution in [0.1, 0.15) is 77.6 Å². The van der Waals surface area contributed by atoms with Crippen LogP contribution in [-0.2, 0) is 4.79 Å². The van der Waals surface area contributed by atoms with Gasteiger partial charge in [-0.15, -0.1) is 0 Å². The maximum Gasteiger partial charge on any atom is 0.251 e. The average Bonchev–Trinajstić information content (AvgIpc) is 2.81. The number of rotatable bonds is 22. The highest BCUT2D eigenvalue weighted by Gasteiger charge is 2.34. The van der Waals surface area contributed by atoms with Crippen molar-refractivity contribution < 1.29 is 56.9 Å². The molecule has 0 bridgehead atoms. The first-order chi connectivity index (χ1) is 15.7. The van der Waals surface area contributed by atoms with Gasteiger partial charge in [0.25, 0.3) is 5.91 Å². The molecule has 0 heterocycles. The molecule has 0 aliphatic carbocycles. The topological polar surface area (TPSA) is 150 Å². The number of carbonyl (C=O) groups is 1. The van der Waals surface area contributed by atoms with Crippen molar-refractivity contribution in [1.82, 2.24) is 5.32 Å². The number of unbranched alkanes of at least 4 members (excludes halogenated alkanes) is 9. The molecule has 7 N–H and O–H groups in total. The summed E-state index contributed by atoms with van der Waals surface area (Å²) in [6.07, 6.45) is 6.07. The highest BCUT2D eigenvalue weighted by atomic mass is 79.9. The molecule has 34 heavy (non-hydrogen) atoms. The molecule has 0 saturated carbocycles. The van der Waals surface area contributed by atoms with Crippen LogP contribution < -0.4 is 22.3 Å². The minimum atomic E-state index is -1.91. The van der Waals surface area contributed by atoms with E-state index in [9.17, 15) is 30.3 Å². The first-order valence-electron chi connectivity index (χ1n) is 12.8. The van der Waals surface area contributed by atoms with Gasteiger partial charge in [0.2, 0.25) is 0 Å². The lowest BCUT2D eigenvalue weighted by molar-refractivity contribution is -0.910. The van der Waals surface area contributed by atoms with E-state index in [1.54, 1.807) is 0 Å². The van der Waals surface area contributed by atoms with Crippen LogP contribution in [0.25, 0.3) is 0 Å². The second-order valence-corrected chi connectivity index (χ2v) is 9.52. The van der Waals surface area contributed by atoms with Crippen LogP contribution >= 0.6 is 0 Å². The summed E-state index contributed by atoms with van der Waals surface area (Å²) >= 11 is 0. The molecule has 9 nitrogen and oxygen atoms in total. The number of quaternary nitrogens is 1. The van der Waals surface area contributed by atoms with Crippen molar-refractivity contribution in [3.8, 4) is 0 Å². The highest BCUT2D eigenvalue weighted by Crippen LogP contribution is 2.13. The highest BCUT2D eigenvalue weighted by molar-refractivity contribution is 5.81. The standard InChI is InChI=1S/C24H50N2O7.BrH/c1-3-4-5-6-7-8-9-10-11-12-15-26(2,17-18-27)16-13-14-25-24(33)23(32)22(31)21(30)20(29)19-28;/h20-23,27-32H,3-19H2,1-2H3;1H. The molecule has 206 valence electrons. The second-order valence-electron chi connectivity index (χ2n) is 9.52. The molecule has 0 aromatic rings. The van der Waals surface area contributed by atoms with Crippen LogP contribution in [0.3, 0.4) is 0 Å². The van der Waals surface area contributed by atoms with E-state index in [2.05, 4.69) is 19.3 Å². The maximum absolute atomic E-state index is 12.0. The van der Waals surface area contributed by atoms with E-state index in [4.69, 9.17) is 5.11 Å². The Labute approximate surface area is 216 Å². The summed E-state index contributed by atoms with van der Waals surface area (Å²) in [5.74, 6) is -0.849. The third-order valence-electron chi connectivity index (χ3n) is 6.39. The van der Waals surface area contributed by atoms with E-state index in [1.165, 1.54) is 57.8 Å². The van der Waals surface area contributed by atoms with Crippen molar-refractivity contribution in [2.45, 2.75) is 102 Å². The molecule has 0 spiro atoms. The molecular formula is C24H51BrN2O7. The van der Waals surface area contributed by atoms with Crippen LogP contribution in [0.5, 0.6) is 0 Å². The van der Waals surface area contributed by atoms with E-state index in [0.717, 1.165) is 19.5 Å². The molecule has 5 unspecified atom stereocenters. The lowest BCUT2D eigenvalue weighted by Gasteiger charge is -2.34. The number of halogens is 1. The van der Waals surface area contributed by atoms with Gasteiger partial charge in [-0.25, -0.2) is 0 Å². The number of carbonyl (C=O) groups excluding carboxylic acids is 1. The third-order valence-corrected chi connectivity index (χ3v) is 6.39. The Morgan fingerprint density at radius 3 is 1.76 bits per heavy atom. The van der Waals surface area contributed by atoms with Crippen molar-refractivity contribution in [1.29, 1.82) is 0 Å². The monoisotopic (exact) mass is 558 g/mol. The van der Waals surface area contributed by atoms with Gasteiger partial charge in [0.15, 0.2) is 6.10 Å². The van der Waals surface area contributed by atoms with E-state index >= 15 is 0 Å². The quantitative estimate of drug-likeness (QED) is 0.0563. The summed E-state index contributed by atoms with van der Waals surface area (Å²) in [6.45, 7) is 4.15. The van der Waals surface area contributed by atoms with Gasteiger partial charge in [-0.2, -0.15) is 0 Å². The zero-order valence-corrected chi connectivity index (χ0v) is 22.8. The smallest absolute Gasteiger partial charge is 0.251 e. The summed E-state index contributed by atoms with van der Waals surface area (Å²) in [6, 6.07) is 0. The van der Waals surface area contributed by atoms with E-state index in [-0.39, 0.29) is 30.1 Å². The number of aliphatic hydroxyl groups is 6. The van der Waals surface area contributed by atoms with Gasteiger partial charge >= 0.3 is 0 Å². The van der Waals surface area contributed by atoms with Gasteiger partial charge in [0.05, 0.1) is 33.4 Å². The first-order valence-corrected chi connectivity index (χ1v) is 12.8. The number of nitrogens with zero attached hydrogens (tertiary/aromatic N) is 1. The van der Waals surface area contributed by atoms with Gasteiger partial charge < -0.3 is 57.4 Å². The minimum absolute atomic E-state index is 0. The van der Waals surface area contributed by atoms with Crippen LogP contribution in [0.15, 0.2) is 0 Å². The molecule has 0 rings (SSSR count). The number of nitrogens with one attached hydrogen (secondary N) is 1. The largest absolute Gasteiger partial charge is 1.00 e. The average molecular weight is 560 g/mol. The first kappa shape index (κ1) is 35.8. The lowest BCUT2D eigenvalue weighted by Crippen LogP contribution is -3.00. The number of hydrogen-bond acceptors (Lipinski definition) is 7. The SMILES string of the molecule is CCCCCCCCCCCC[N+](C)(CCO)CCCNC(=O)C(O)C(O)C(O)C(O)CO.[Br-]. The summed E-state index contributed by atoms with van der Waals surface area (Å²) in [4.78, 5) is 12.0. The van der Waals surface area contributed by atoms with Crippen LogP contribution in [0.4, 0.5) is 0 Å². The Bertz CT molecular complexity index is 490. The van der Waals surface area contributed by atoms with Gasteiger partial charge in [0.1, 0.15) is 24.9 Å². The Balaban J connectivity index is 0. The third kappa shape index (κ3) is 16.4. The van der Waals surface area contributed by atoms with Crippen molar-refractivity contribution in [2.75, 3.05) is 46.4 Å². The van der Waals surface area contributed by atoms with Gasteiger partial charge in [-0.1, -0.05) is 58.3 Å². The van der Waals surface area contributed by atoms with Crippen molar-refractivity contribution >= 4 is 5.91 Å². The summed E-state index contributed by atoms with van der Waals surface area (Å²) in [7, 11) is 2.09. The van der Waals surface area contributed by atoms with Crippen LogP contribution in [0, 0.1) is 0 Å². The normalized spacial score (nSPS) is 16.7. The molecular weight excluding hydrogens is 508 g/mol. The van der Waals surface area contributed by atoms with Gasteiger partial charge in [-0.3, -0.25) is 4.79 Å². The molecule has 0 aromatic heterocycles. The molecule has 0 saturated heterocycles. The van der Waals surface area contributed by atoms with E-state index < -0.39 is 36.9 Å². The number of aliphatic hydroxyl groups excluding tert-OH is 6. The molecule has 0 aromatic carbocycles. The summed E-state index contributed by atoms with van der Waals surface area (Å²) in [5.41, 5.74) is 0. The minimum Gasteiger partial charge on any atom is -1.00 e. The zero-order valence-electron chi connectivity index (χ0n) is 21.2. The molecule has 10 heteroatoms. The predicted octanol–water partition coefficient (Wildman–Crippen LogP) is -2.71. The van der Waals surface area contributed by atoms with Gasteiger partial charge in [-0.05, 0) is 12.8 Å². The Morgan fingerprint density at radius 1 is 0.765 bits per heavy atom. The summed E-state index contributed by atoms with van der Waals surface area (Å²) < 4.78 is 0.704. The second kappa shape index (κ2) is 21.9. The van der Waals surface area contributed by atoms with Gasteiger partial charge in [0, 0.05) is 13.0 Å².